The number of hydrogen-bond donors (Lipinski definition) is 2. The average Bonchev–Trinajstić information content (AvgIpc) is 3.03. The van der Waals surface area contributed by atoms with E-state index < -0.39 is 0 Å². The van der Waals surface area contributed by atoms with Gasteiger partial charge in [-0.25, -0.2) is 4.79 Å². The molecule has 0 radical (unpaired) electrons. The lowest BCUT2D eigenvalue weighted by molar-refractivity contribution is 0.251. The highest BCUT2D eigenvalue weighted by atomic mass is 35.5. The number of nitrogens with one attached hydrogen (secondary N) is 2. The predicted molar refractivity (Wildman–Crippen MR) is 89.2 cm³/mol. The molecule has 0 bridgehead atoms. The number of halogens is 1. The fraction of sp³-hybridized carbons (Fsp3) is 0.0588. The summed E-state index contributed by atoms with van der Waals surface area (Å²) in [4.78, 5) is 12.0. The number of aromatic nitrogens is 1. The maximum Gasteiger partial charge on any atom is 0.321 e. The third kappa shape index (κ3) is 3.90. The monoisotopic (exact) mass is 327 g/mol. The van der Waals surface area contributed by atoms with Crippen molar-refractivity contribution >= 4 is 23.5 Å². The Morgan fingerprint density at radius 1 is 1.09 bits per heavy atom. The fourth-order valence-corrected chi connectivity index (χ4v) is 2.22. The van der Waals surface area contributed by atoms with Gasteiger partial charge in [-0.1, -0.05) is 59.2 Å². The first-order chi connectivity index (χ1) is 11.2. The zero-order valence-corrected chi connectivity index (χ0v) is 12.9. The molecule has 0 unspecified atom stereocenters. The number of carbonyl (C=O) groups is 1. The molecule has 0 spiro atoms. The van der Waals surface area contributed by atoms with Crippen molar-refractivity contribution in [3.05, 3.63) is 71.4 Å². The Morgan fingerprint density at radius 2 is 1.83 bits per heavy atom. The Labute approximate surface area is 138 Å². The van der Waals surface area contributed by atoms with Crippen molar-refractivity contribution < 1.29 is 9.32 Å². The molecule has 2 N–H and O–H groups in total. The van der Waals surface area contributed by atoms with E-state index in [4.69, 9.17) is 16.1 Å². The number of hydrogen-bond acceptors (Lipinski definition) is 3. The molecule has 2 amide bonds. The van der Waals surface area contributed by atoms with Gasteiger partial charge in [-0.2, -0.15) is 0 Å². The quantitative estimate of drug-likeness (QED) is 0.750. The van der Waals surface area contributed by atoms with Crippen molar-refractivity contribution in [3.63, 3.8) is 0 Å². The molecule has 0 saturated carbocycles. The number of amides is 2. The Balaban J connectivity index is 1.65. The van der Waals surface area contributed by atoms with Crippen LogP contribution in [0.4, 0.5) is 10.7 Å². The number of carbonyl (C=O) groups excluding carboxylic acids is 1. The zero-order chi connectivity index (χ0) is 16.1. The maximum absolute atomic E-state index is 12.0. The first-order valence-electron chi connectivity index (χ1n) is 7.02. The number of urea groups is 1. The Hall–Kier alpha value is -2.79. The summed E-state index contributed by atoms with van der Waals surface area (Å²) in [6.07, 6.45) is 1.55. The first-order valence-corrected chi connectivity index (χ1v) is 7.39. The minimum absolute atomic E-state index is 0.290. The van der Waals surface area contributed by atoms with Gasteiger partial charge in [0.05, 0.1) is 11.8 Å². The molecule has 1 heterocycles. The molecular formula is C17H14ClN3O2. The second-order valence-electron chi connectivity index (χ2n) is 4.87. The van der Waals surface area contributed by atoms with Crippen molar-refractivity contribution in [1.82, 2.24) is 10.5 Å². The zero-order valence-electron chi connectivity index (χ0n) is 12.1. The molecule has 3 aromatic rings. The van der Waals surface area contributed by atoms with Gasteiger partial charge in [0.15, 0.2) is 0 Å². The standard InChI is InChI=1S/C17H14ClN3O2/c18-14-8-6-13(7-9-14)15-11-20-23-16(15)21-17(22)19-10-12-4-2-1-3-5-12/h1-9,11H,10H2,(H2,19,21,22). The number of anilines is 1. The fourth-order valence-electron chi connectivity index (χ4n) is 2.09. The van der Waals surface area contributed by atoms with Crippen LogP contribution in [0.1, 0.15) is 5.56 Å². The summed E-state index contributed by atoms with van der Waals surface area (Å²) in [5, 5.41) is 9.81. The molecule has 2 aromatic carbocycles. The summed E-state index contributed by atoms with van der Waals surface area (Å²) in [5.74, 6) is 0.290. The van der Waals surface area contributed by atoms with Crippen LogP contribution < -0.4 is 10.6 Å². The van der Waals surface area contributed by atoms with E-state index in [0.29, 0.717) is 17.1 Å². The lowest BCUT2D eigenvalue weighted by Gasteiger charge is -2.07. The second kappa shape index (κ2) is 6.98. The molecule has 0 fully saturated rings. The minimum Gasteiger partial charge on any atom is -0.338 e. The van der Waals surface area contributed by atoms with E-state index in [1.54, 1.807) is 18.3 Å². The summed E-state index contributed by atoms with van der Waals surface area (Å²) < 4.78 is 5.12. The third-order valence-electron chi connectivity index (χ3n) is 3.25. The highest BCUT2D eigenvalue weighted by molar-refractivity contribution is 6.30. The lowest BCUT2D eigenvalue weighted by atomic mass is 10.1. The highest BCUT2D eigenvalue weighted by Gasteiger charge is 2.13. The van der Waals surface area contributed by atoms with Crippen molar-refractivity contribution in [2.75, 3.05) is 5.32 Å². The molecule has 0 saturated heterocycles. The van der Waals surface area contributed by atoms with E-state index in [1.165, 1.54) is 0 Å². The van der Waals surface area contributed by atoms with Crippen LogP contribution in [0.15, 0.2) is 65.3 Å². The topological polar surface area (TPSA) is 67.2 Å². The molecule has 6 heteroatoms. The SMILES string of the molecule is O=C(NCc1ccccc1)Nc1oncc1-c1ccc(Cl)cc1. The molecule has 0 aliphatic carbocycles. The first kappa shape index (κ1) is 15.1. The van der Waals surface area contributed by atoms with Crippen molar-refractivity contribution in [1.29, 1.82) is 0 Å². The summed E-state index contributed by atoms with van der Waals surface area (Å²) in [6.45, 7) is 0.428. The lowest BCUT2D eigenvalue weighted by Crippen LogP contribution is -2.28. The van der Waals surface area contributed by atoms with Crippen LogP contribution in [0.3, 0.4) is 0 Å². The average molecular weight is 328 g/mol. The molecular weight excluding hydrogens is 314 g/mol. The van der Waals surface area contributed by atoms with E-state index in [1.807, 2.05) is 42.5 Å². The van der Waals surface area contributed by atoms with Gasteiger partial charge in [-0.15, -0.1) is 0 Å². The number of benzene rings is 2. The van der Waals surface area contributed by atoms with Crippen LogP contribution in [-0.4, -0.2) is 11.2 Å². The van der Waals surface area contributed by atoms with Gasteiger partial charge in [-0.05, 0) is 23.3 Å². The molecule has 116 valence electrons. The molecule has 23 heavy (non-hydrogen) atoms. The van der Waals surface area contributed by atoms with Gasteiger partial charge in [0.1, 0.15) is 0 Å². The Kier molecular flexibility index (Phi) is 4.59. The summed E-state index contributed by atoms with van der Waals surface area (Å²) >= 11 is 5.88. The van der Waals surface area contributed by atoms with E-state index >= 15 is 0 Å². The van der Waals surface area contributed by atoms with Gasteiger partial charge in [0.2, 0.25) is 5.88 Å². The molecule has 3 rings (SSSR count). The minimum atomic E-state index is -0.360. The van der Waals surface area contributed by atoms with Crippen LogP contribution in [0.25, 0.3) is 11.1 Å². The van der Waals surface area contributed by atoms with Crippen LogP contribution >= 0.6 is 11.6 Å². The molecule has 0 aliphatic heterocycles. The number of nitrogens with zero attached hydrogens (tertiary/aromatic N) is 1. The van der Waals surface area contributed by atoms with Crippen molar-refractivity contribution in [2.24, 2.45) is 0 Å². The molecule has 5 nitrogen and oxygen atoms in total. The van der Waals surface area contributed by atoms with Crippen LogP contribution in [-0.2, 0) is 6.54 Å². The summed E-state index contributed by atoms with van der Waals surface area (Å²) in [5.41, 5.74) is 2.56. The maximum atomic E-state index is 12.0. The third-order valence-corrected chi connectivity index (χ3v) is 3.50. The highest BCUT2D eigenvalue weighted by Crippen LogP contribution is 2.28. The van der Waals surface area contributed by atoms with E-state index in [2.05, 4.69) is 15.8 Å². The van der Waals surface area contributed by atoms with Gasteiger partial charge < -0.3 is 9.84 Å². The van der Waals surface area contributed by atoms with Crippen LogP contribution in [0.2, 0.25) is 5.02 Å². The van der Waals surface area contributed by atoms with Crippen LogP contribution in [0.5, 0.6) is 0 Å². The molecule has 1 aromatic heterocycles. The molecule has 0 aliphatic rings. The number of rotatable bonds is 4. The van der Waals surface area contributed by atoms with Crippen molar-refractivity contribution in [3.8, 4) is 11.1 Å². The van der Waals surface area contributed by atoms with Crippen LogP contribution in [0, 0.1) is 0 Å². The van der Waals surface area contributed by atoms with E-state index in [0.717, 1.165) is 11.1 Å². The Morgan fingerprint density at radius 3 is 2.57 bits per heavy atom. The Bertz CT molecular complexity index is 785. The molecule has 0 atom stereocenters. The normalized spacial score (nSPS) is 10.3. The second-order valence-corrected chi connectivity index (χ2v) is 5.31. The summed E-state index contributed by atoms with van der Waals surface area (Å²) in [7, 11) is 0. The smallest absolute Gasteiger partial charge is 0.321 e. The van der Waals surface area contributed by atoms with Gasteiger partial charge in [0.25, 0.3) is 0 Å². The van der Waals surface area contributed by atoms with E-state index in [9.17, 15) is 4.79 Å². The van der Waals surface area contributed by atoms with Gasteiger partial charge in [-0.3, -0.25) is 5.32 Å². The predicted octanol–water partition coefficient (Wildman–Crippen LogP) is 4.32. The van der Waals surface area contributed by atoms with Gasteiger partial charge in [0, 0.05) is 11.6 Å². The summed E-state index contributed by atoms with van der Waals surface area (Å²) in [6, 6.07) is 16.5. The largest absolute Gasteiger partial charge is 0.338 e. The van der Waals surface area contributed by atoms with E-state index in [-0.39, 0.29) is 11.9 Å². The van der Waals surface area contributed by atoms with Crippen molar-refractivity contribution in [2.45, 2.75) is 6.54 Å². The van der Waals surface area contributed by atoms with Gasteiger partial charge >= 0.3 is 6.03 Å².